The Labute approximate surface area is 256 Å². The van der Waals surface area contributed by atoms with Gasteiger partial charge in [-0.2, -0.15) is 15.2 Å². The topological polar surface area (TPSA) is 111 Å². The fourth-order valence-electron chi connectivity index (χ4n) is 7.77. The number of aromatic nitrogens is 4. The molecule has 10 nitrogen and oxygen atoms in total. The number of halogens is 1. The number of pyridine rings is 2. The number of ether oxygens (including phenoxy) is 1. The van der Waals surface area contributed by atoms with Crippen molar-refractivity contribution >= 4 is 22.6 Å². The van der Waals surface area contributed by atoms with E-state index in [0.717, 1.165) is 75.6 Å². The lowest BCUT2D eigenvalue weighted by Gasteiger charge is -2.41. The van der Waals surface area contributed by atoms with Crippen molar-refractivity contribution in [1.29, 1.82) is 5.26 Å². The maximum absolute atomic E-state index is 16.6. The van der Waals surface area contributed by atoms with Crippen LogP contribution in [0.4, 0.5) is 10.2 Å². The molecule has 0 spiro atoms. The van der Waals surface area contributed by atoms with Gasteiger partial charge in [0.05, 0.1) is 29.5 Å². The number of hydrogen-bond donors (Lipinski definition) is 0. The quantitative estimate of drug-likeness (QED) is 0.370. The van der Waals surface area contributed by atoms with E-state index in [9.17, 15) is 10.1 Å². The monoisotopic (exact) mass is 596 g/mol. The zero-order valence-electron chi connectivity index (χ0n) is 25.0. The number of anilines is 1. The smallest absolute Gasteiger partial charge is 0.319 e. The molecule has 1 aliphatic carbocycles. The molecule has 0 radical (unpaired) electrons. The van der Waals surface area contributed by atoms with E-state index < -0.39 is 5.82 Å². The highest BCUT2D eigenvalue weighted by Crippen LogP contribution is 2.40. The number of carbonyl (C=O) groups excluding carboxylic acids is 1. The molecule has 3 aromatic rings. The highest BCUT2D eigenvalue weighted by atomic mass is 19.1. The van der Waals surface area contributed by atoms with Crippen LogP contribution in [0.1, 0.15) is 56.1 Å². The summed E-state index contributed by atoms with van der Waals surface area (Å²) < 4.78 is 23.0. The van der Waals surface area contributed by atoms with Crippen molar-refractivity contribution in [2.24, 2.45) is 0 Å². The van der Waals surface area contributed by atoms with Crippen LogP contribution in [0.25, 0.3) is 22.2 Å². The van der Waals surface area contributed by atoms with Crippen molar-refractivity contribution in [3.8, 4) is 23.3 Å². The molecule has 4 aliphatic rings. The molecule has 11 heteroatoms. The molecule has 0 bridgehead atoms. The fraction of sp³-hybridized carbons (Fsp3) is 0.515. The van der Waals surface area contributed by atoms with Crippen molar-refractivity contribution in [2.45, 2.75) is 69.4 Å². The molecule has 7 rings (SSSR count). The van der Waals surface area contributed by atoms with Gasteiger partial charge in [-0.15, -0.1) is 0 Å². The minimum atomic E-state index is -0.521. The van der Waals surface area contributed by atoms with Crippen LogP contribution in [0, 0.1) is 17.1 Å². The SMILES string of the molecule is C=CC(=O)N1CCN(c2nc(OCC34CCCN3CCC4)nc3c(F)c(-c4cncc5c4CCCC5)ncc23)C[C@@H]1CC#N. The summed E-state index contributed by atoms with van der Waals surface area (Å²) in [5.74, 6) is -0.236. The Balaban J connectivity index is 1.30. The largest absolute Gasteiger partial charge is 0.461 e. The number of amides is 1. The molecule has 3 saturated heterocycles. The molecule has 6 heterocycles. The van der Waals surface area contributed by atoms with Crippen LogP contribution in [0.5, 0.6) is 6.01 Å². The number of aryl methyl sites for hydroxylation is 1. The molecule has 0 N–H and O–H groups in total. The van der Waals surface area contributed by atoms with Gasteiger partial charge < -0.3 is 14.5 Å². The highest BCUT2D eigenvalue weighted by Gasteiger charge is 2.45. The number of nitriles is 1. The van der Waals surface area contributed by atoms with Gasteiger partial charge in [-0.25, -0.2) is 4.39 Å². The van der Waals surface area contributed by atoms with Crippen LogP contribution in [0.2, 0.25) is 0 Å². The average molecular weight is 597 g/mol. The third-order valence-electron chi connectivity index (χ3n) is 10.0. The van der Waals surface area contributed by atoms with Crippen LogP contribution in [-0.4, -0.2) is 86.6 Å². The molecule has 3 aliphatic heterocycles. The normalized spacial score (nSPS) is 21.1. The van der Waals surface area contributed by atoms with Crippen LogP contribution >= 0.6 is 0 Å². The van der Waals surface area contributed by atoms with Gasteiger partial charge in [0.1, 0.15) is 23.6 Å². The number of nitrogens with zero attached hydrogens (tertiary/aromatic N) is 8. The number of carbonyl (C=O) groups is 1. The van der Waals surface area contributed by atoms with E-state index >= 15 is 4.39 Å². The predicted molar refractivity (Wildman–Crippen MR) is 164 cm³/mol. The summed E-state index contributed by atoms with van der Waals surface area (Å²) in [6.45, 7) is 7.40. The highest BCUT2D eigenvalue weighted by molar-refractivity contribution is 5.92. The zero-order chi connectivity index (χ0) is 30.3. The lowest BCUT2D eigenvalue weighted by Crippen LogP contribution is -2.55. The minimum absolute atomic E-state index is 0.0240. The Bertz CT molecular complexity index is 1640. The zero-order valence-corrected chi connectivity index (χ0v) is 25.0. The van der Waals surface area contributed by atoms with Gasteiger partial charge in [0.25, 0.3) is 0 Å². The van der Waals surface area contributed by atoms with Crippen molar-refractivity contribution in [3.05, 3.63) is 48.2 Å². The molecule has 0 aromatic carbocycles. The first-order chi connectivity index (χ1) is 21.5. The second kappa shape index (κ2) is 11.7. The van der Waals surface area contributed by atoms with E-state index in [1.165, 1.54) is 6.08 Å². The van der Waals surface area contributed by atoms with E-state index in [-0.39, 0.29) is 41.1 Å². The number of fused-ring (bicyclic) bond motifs is 3. The summed E-state index contributed by atoms with van der Waals surface area (Å²) in [5.41, 5.74) is 3.32. The summed E-state index contributed by atoms with van der Waals surface area (Å²) in [6, 6.07) is 1.97. The third-order valence-corrected chi connectivity index (χ3v) is 10.0. The van der Waals surface area contributed by atoms with Gasteiger partial charge in [0.2, 0.25) is 5.91 Å². The standard InChI is InChI=1S/C33H37FN8O2/c1-2-27(43)42-16-15-40(20-23(42)9-12-35)31-26-19-37-29(25-18-36-17-22-7-3-4-8-24(22)25)28(34)30(26)38-32(39-31)44-21-33-10-5-13-41(33)14-6-11-33/h2,17-19,23H,1,3-11,13-16,20-21H2/t23-/m0/s1. The number of rotatable bonds is 7. The molecule has 3 fully saturated rings. The first kappa shape index (κ1) is 28.6. The summed E-state index contributed by atoms with van der Waals surface area (Å²) in [5, 5.41) is 9.99. The first-order valence-electron chi connectivity index (χ1n) is 15.8. The Kier molecular flexibility index (Phi) is 7.62. The Hall–Kier alpha value is -4.17. The fourth-order valence-corrected chi connectivity index (χ4v) is 7.77. The molecule has 1 atom stereocenters. The maximum Gasteiger partial charge on any atom is 0.319 e. The minimum Gasteiger partial charge on any atom is -0.461 e. The molecule has 0 unspecified atom stereocenters. The van der Waals surface area contributed by atoms with Crippen LogP contribution in [0.3, 0.4) is 0 Å². The van der Waals surface area contributed by atoms with E-state index in [1.54, 1.807) is 17.3 Å². The predicted octanol–water partition coefficient (Wildman–Crippen LogP) is 4.23. The molecule has 228 valence electrons. The Morgan fingerprint density at radius 2 is 1.93 bits per heavy atom. The summed E-state index contributed by atoms with van der Waals surface area (Å²) in [6.07, 6.45) is 15.0. The van der Waals surface area contributed by atoms with E-state index in [2.05, 4.69) is 32.5 Å². The number of piperazine rings is 1. The van der Waals surface area contributed by atoms with E-state index in [0.29, 0.717) is 43.0 Å². The Morgan fingerprint density at radius 1 is 1.11 bits per heavy atom. The van der Waals surface area contributed by atoms with Crippen molar-refractivity contribution in [3.63, 3.8) is 0 Å². The maximum atomic E-state index is 16.6. The van der Waals surface area contributed by atoms with Crippen LogP contribution < -0.4 is 9.64 Å². The second-order valence-electron chi connectivity index (χ2n) is 12.4. The lowest BCUT2D eigenvalue weighted by molar-refractivity contribution is -0.128. The third kappa shape index (κ3) is 4.95. The lowest BCUT2D eigenvalue weighted by atomic mass is 9.89. The average Bonchev–Trinajstić information content (AvgIpc) is 3.64. The summed E-state index contributed by atoms with van der Waals surface area (Å²) >= 11 is 0. The van der Waals surface area contributed by atoms with Crippen molar-refractivity contribution < 1.29 is 13.9 Å². The van der Waals surface area contributed by atoms with E-state index in [4.69, 9.17) is 9.72 Å². The second-order valence-corrected chi connectivity index (χ2v) is 12.4. The van der Waals surface area contributed by atoms with Crippen molar-refractivity contribution in [2.75, 3.05) is 44.2 Å². The molecular weight excluding hydrogens is 559 g/mol. The molecule has 0 saturated carbocycles. The van der Waals surface area contributed by atoms with Crippen LogP contribution in [-0.2, 0) is 17.6 Å². The molecule has 44 heavy (non-hydrogen) atoms. The van der Waals surface area contributed by atoms with Gasteiger partial charge in [-0.1, -0.05) is 6.58 Å². The molecule has 3 aromatic heterocycles. The van der Waals surface area contributed by atoms with Gasteiger partial charge in [0.15, 0.2) is 5.82 Å². The van der Waals surface area contributed by atoms with Gasteiger partial charge >= 0.3 is 6.01 Å². The first-order valence-corrected chi connectivity index (χ1v) is 15.8. The summed E-state index contributed by atoms with van der Waals surface area (Å²) in [7, 11) is 0. The summed E-state index contributed by atoms with van der Waals surface area (Å²) in [4.78, 5) is 37.3. The van der Waals surface area contributed by atoms with Crippen LogP contribution in [0.15, 0.2) is 31.2 Å². The van der Waals surface area contributed by atoms with Crippen molar-refractivity contribution in [1.82, 2.24) is 29.7 Å². The number of hydrogen-bond acceptors (Lipinski definition) is 9. The van der Waals surface area contributed by atoms with Gasteiger partial charge in [0, 0.05) is 43.8 Å². The molecular formula is C33H37FN8O2. The Morgan fingerprint density at radius 3 is 2.73 bits per heavy atom. The van der Waals surface area contributed by atoms with Gasteiger partial charge in [-0.3, -0.25) is 19.7 Å². The molecule has 1 amide bonds. The van der Waals surface area contributed by atoms with E-state index in [1.807, 2.05) is 11.1 Å². The van der Waals surface area contributed by atoms with Gasteiger partial charge in [-0.05, 0) is 81.7 Å².